The van der Waals surface area contributed by atoms with Gasteiger partial charge in [-0.2, -0.15) is 5.10 Å². The summed E-state index contributed by atoms with van der Waals surface area (Å²) in [4.78, 5) is 0. The lowest BCUT2D eigenvalue weighted by atomic mass is 10.0. The van der Waals surface area contributed by atoms with Gasteiger partial charge in [0.15, 0.2) is 0 Å². The first kappa shape index (κ1) is 12.5. The summed E-state index contributed by atoms with van der Waals surface area (Å²) in [6.07, 6.45) is 8.30. The Kier molecular flexibility index (Phi) is 3.37. The van der Waals surface area contributed by atoms with Crippen LogP contribution in [-0.4, -0.2) is 9.78 Å². The van der Waals surface area contributed by atoms with Crippen molar-refractivity contribution >= 4 is 11.6 Å². The van der Waals surface area contributed by atoms with Gasteiger partial charge in [-0.05, 0) is 37.0 Å². The molecule has 1 aromatic rings. The smallest absolute Gasteiger partial charge is 0.0834 e. The Labute approximate surface area is 114 Å². The fraction of sp³-hybridized carbons (Fsp3) is 0.786. The standard InChI is InChI=1S/C14H22ClN3/c1-2-7-18-14(11(15)8-17-18)13(16)12-9-5-3-4-6-10(9)12/h8-10,12-13H,2-7,16H2,1H3. The van der Waals surface area contributed by atoms with Crippen LogP contribution in [0.1, 0.15) is 50.8 Å². The van der Waals surface area contributed by atoms with Crippen molar-refractivity contribution in [2.75, 3.05) is 0 Å². The number of aryl methyl sites for hydroxylation is 1. The van der Waals surface area contributed by atoms with Gasteiger partial charge in [-0.1, -0.05) is 31.4 Å². The van der Waals surface area contributed by atoms with Gasteiger partial charge in [0.25, 0.3) is 0 Å². The summed E-state index contributed by atoms with van der Waals surface area (Å²) in [5.41, 5.74) is 7.56. The number of hydrogen-bond donors (Lipinski definition) is 1. The molecule has 0 spiro atoms. The Balaban J connectivity index is 1.80. The number of hydrogen-bond acceptors (Lipinski definition) is 2. The molecular formula is C14H22ClN3. The van der Waals surface area contributed by atoms with E-state index in [9.17, 15) is 0 Å². The normalized spacial score (nSPS) is 32.1. The van der Waals surface area contributed by atoms with Crippen molar-refractivity contribution in [3.63, 3.8) is 0 Å². The highest BCUT2D eigenvalue weighted by Crippen LogP contribution is 2.60. The van der Waals surface area contributed by atoms with Gasteiger partial charge in [-0.15, -0.1) is 0 Å². The van der Waals surface area contributed by atoms with E-state index >= 15 is 0 Å². The molecular weight excluding hydrogens is 246 g/mol. The van der Waals surface area contributed by atoms with Gasteiger partial charge >= 0.3 is 0 Å². The minimum absolute atomic E-state index is 0.0830. The molecule has 2 saturated carbocycles. The van der Waals surface area contributed by atoms with Crippen LogP contribution in [0.4, 0.5) is 0 Å². The molecule has 0 saturated heterocycles. The molecule has 4 heteroatoms. The molecule has 0 aliphatic heterocycles. The molecule has 0 bridgehead atoms. The third kappa shape index (κ3) is 1.97. The monoisotopic (exact) mass is 267 g/mol. The fourth-order valence-corrected chi connectivity index (χ4v) is 4.12. The van der Waals surface area contributed by atoms with Crippen LogP contribution >= 0.6 is 11.6 Å². The molecule has 0 aromatic carbocycles. The quantitative estimate of drug-likeness (QED) is 0.909. The molecule has 0 radical (unpaired) electrons. The number of rotatable bonds is 4. The molecule has 3 nitrogen and oxygen atoms in total. The van der Waals surface area contributed by atoms with Gasteiger partial charge in [-0.25, -0.2) is 0 Å². The van der Waals surface area contributed by atoms with E-state index in [1.165, 1.54) is 25.7 Å². The van der Waals surface area contributed by atoms with Gasteiger partial charge in [0.05, 0.1) is 23.0 Å². The van der Waals surface area contributed by atoms with E-state index in [4.69, 9.17) is 17.3 Å². The highest BCUT2D eigenvalue weighted by atomic mass is 35.5. The maximum absolute atomic E-state index is 6.49. The molecule has 2 N–H and O–H groups in total. The molecule has 18 heavy (non-hydrogen) atoms. The molecule has 3 unspecified atom stereocenters. The Morgan fingerprint density at radius 3 is 2.72 bits per heavy atom. The van der Waals surface area contributed by atoms with Crippen LogP contribution in [-0.2, 0) is 6.54 Å². The minimum atomic E-state index is 0.0830. The van der Waals surface area contributed by atoms with Gasteiger partial charge in [0.2, 0.25) is 0 Å². The third-order valence-corrected chi connectivity index (χ3v) is 5.01. The zero-order chi connectivity index (χ0) is 12.7. The Morgan fingerprint density at radius 2 is 2.11 bits per heavy atom. The van der Waals surface area contributed by atoms with E-state index in [-0.39, 0.29) is 6.04 Å². The maximum atomic E-state index is 6.49. The zero-order valence-electron chi connectivity index (χ0n) is 11.0. The van der Waals surface area contributed by atoms with Crippen LogP contribution in [0.15, 0.2) is 6.20 Å². The van der Waals surface area contributed by atoms with E-state index < -0.39 is 0 Å². The molecule has 2 aliphatic rings. The first-order chi connectivity index (χ1) is 8.74. The highest BCUT2D eigenvalue weighted by Gasteiger charge is 2.54. The second-order valence-electron chi connectivity index (χ2n) is 5.82. The summed E-state index contributed by atoms with van der Waals surface area (Å²) >= 11 is 6.28. The van der Waals surface area contributed by atoms with Crippen molar-refractivity contribution in [1.82, 2.24) is 9.78 Å². The fourth-order valence-electron chi connectivity index (χ4n) is 3.86. The van der Waals surface area contributed by atoms with Crippen molar-refractivity contribution in [3.8, 4) is 0 Å². The van der Waals surface area contributed by atoms with Crippen LogP contribution < -0.4 is 5.73 Å². The zero-order valence-corrected chi connectivity index (χ0v) is 11.7. The van der Waals surface area contributed by atoms with E-state index in [1.54, 1.807) is 6.20 Å². The van der Waals surface area contributed by atoms with Gasteiger partial charge in [-0.3, -0.25) is 4.68 Å². The number of halogens is 1. The number of nitrogens with zero attached hydrogens (tertiary/aromatic N) is 2. The van der Waals surface area contributed by atoms with E-state index in [2.05, 4.69) is 12.0 Å². The molecule has 1 aromatic heterocycles. The predicted octanol–water partition coefficient (Wildman–Crippen LogP) is 3.38. The maximum Gasteiger partial charge on any atom is 0.0834 e. The Morgan fingerprint density at radius 1 is 1.44 bits per heavy atom. The van der Waals surface area contributed by atoms with Crippen LogP contribution in [0.25, 0.3) is 0 Å². The van der Waals surface area contributed by atoms with Crippen LogP contribution in [0, 0.1) is 17.8 Å². The molecule has 100 valence electrons. The first-order valence-corrected chi connectivity index (χ1v) is 7.58. The first-order valence-electron chi connectivity index (χ1n) is 7.20. The summed E-state index contributed by atoms with van der Waals surface area (Å²) in [6.45, 7) is 3.07. The lowest BCUT2D eigenvalue weighted by molar-refractivity contribution is 0.480. The molecule has 0 amide bonds. The molecule has 3 rings (SSSR count). The summed E-state index contributed by atoms with van der Waals surface area (Å²) < 4.78 is 2.01. The summed E-state index contributed by atoms with van der Waals surface area (Å²) in [7, 11) is 0. The number of aromatic nitrogens is 2. The number of fused-ring (bicyclic) bond motifs is 1. The second-order valence-corrected chi connectivity index (χ2v) is 6.22. The third-order valence-electron chi connectivity index (χ3n) is 4.72. The van der Waals surface area contributed by atoms with E-state index in [1.807, 2.05) is 4.68 Å². The van der Waals surface area contributed by atoms with Crippen molar-refractivity contribution in [2.24, 2.45) is 23.5 Å². The average Bonchev–Trinajstić information content (AvgIpc) is 3.00. The Bertz CT molecular complexity index is 417. The lowest BCUT2D eigenvalue weighted by Crippen LogP contribution is -2.20. The van der Waals surface area contributed by atoms with Gasteiger partial charge in [0, 0.05) is 6.54 Å². The second kappa shape index (κ2) is 4.86. The highest BCUT2D eigenvalue weighted by molar-refractivity contribution is 6.31. The Hall–Kier alpha value is -0.540. The predicted molar refractivity (Wildman–Crippen MR) is 73.4 cm³/mol. The molecule has 2 fully saturated rings. The lowest BCUT2D eigenvalue weighted by Gasteiger charge is -2.15. The minimum Gasteiger partial charge on any atom is -0.322 e. The van der Waals surface area contributed by atoms with E-state index in [0.717, 1.165) is 35.5 Å². The number of nitrogens with two attached hydrogens (primary N) is 1. The van der Waals surface area contributed by atoms with Gasteiger partial charge in [0.1, 0.15) is 0 Å². The van der Waals surface area contributed by atoms with Crippen molar-refractivity contribution < 1.29 is 0 Å². The van der Waals surface area contributed by atoms with Crippen molar-refractivity contribution in [1.29, 1.82) is 0 Å². The summed E-state index contributed by atoms with van der Waals surface area (Å²) in [5, 5.41) is 5.11. The van der Waals surface area contributed by atoms with E-state index in [0.29, 0.717) is 5.92 Å². The van der Waals surface area contributed by atoms with Crippen molar-refractivity contribution in [2.45, 2.75) is 51.6 Å². The largest absolute Gasteiger partial charge is 0.322 e. The van der Waals surface area contributed by atoms with Crippen LogP contribution in [0.2, 0.25) is 5.02 Å². The topological polar surface area (TPSA) is 43.8 Å². The van der Waals surface area contributed by atoms with Gasteiger partial charge < -0.3 is 5.73 Å². The molecule has 3 atom stereocenters. The molecule has 2 aliphatic carbocycles. The molecule has 1 heterocycles. The van der Waals surface area contributed by atoms with Crippen LogP contribution in [0.5, 0.6) is 0 Å². The van der Waals surface area contributed by atoms with Crippen molar-refractivity contribution in [3.05, 3.63) is 16.9 Å². The average molecular weight is 268 g/mol. The van der Waals surface area contributed by atoms with Crippen LogP contribution in [0.3, 0.4) is 0 Å². The summed E-state index contributed by atoms with van der Waals surface area (Å²) in [5.74, 6) is 2.36. The SMILES string of the molecule is CCCn1ncc(Cl)c1C(N)C1C2CCCCC21. The summed E-state index contributed by atoms with van der Waals surface area (Å²) in [6, 6.07) is 0.0830.